The summed E-state index contributed by atoms with van der Waals surface area (Å²) in [7, 11) is 0. The van der Waals surface area contributed by atoms with Gasteiger partial charge in [0.1, 0.15) is 12.1 Å². The molecule has 2 aromatic heterocycles. The minimum atomic E-state index is -0.354. The van der Waals surface area contributed by atoms with Crippen LogP contribution >= 0.6 is 0 Å². The number of hydrogen-bond acceptors (Lipinski definition) is 5. The summed E-state index contributed by atoms with van der Waals surface area (Å²) in [5, 5.41) is 6.93. The second-order valence-electron chi connectivity index (χ2n) is 4.67. The fourth-order valence-corrected chi connectivity index (χ4v) is 2.11. The van der Waals surface area contributed by atoms with Crippen LogP contribution in [-0.2, 0) is 12.8 Å². The number of aryl methyl sites for hydroxylation is 3. The van der Waals surface area contributed by atoms with Crippen molar-refractivity contribution in [1.29, 1.82) is 0 Å². The molecule has 0 spiro atoms. The molecule has 0 radical (unpaired) electrons. The zero-order valence-electron chi connectivity index (χ0n) is 12.0. The van der Waals surface area contributed by atoms with Gasteiger partial charge in [-0.25, -0.2) is 14.4 Å². The molecular formula is C14H19FN4O. The van der Waals surface area contributed by atoms with E-state index in [2.05, 4.69) is 20.4 Å². The Morgan fingerprint density at radius 3 is 2.75 bits per heavy atom. The molecule has 108 valence electrons. The van der Waals surface area contributed by atoms with Gasteiger partial charge in [0.25, 0.3) is 0 Å². The summed E-state index contributed by atoms with van der Waals surface area (Å²) in [6.45, 7) is 6.34. The van der Waals surface area contributed by atoms with Crippen LogP contribution in [0.2, 0.25) is 0 Å². The predicted octanol–water partition coefficient (Wildman–Crippen LogP) is 2.83. The summed E-state index contributed by atoms with van der Waals surface area (Å²) in [4.78, 5) is 7.83. The van der Waals surface area contributed by atoms with E-state index in [1.54, 1.807) is 0 Å². The molecule has 0 aliphatic rings. The van der Waals surface area contributed by atoms with Crippen molar-refractivity contribution in [3.05, 3.63) is 34.9 Å². The molecule has 2 rings (SSSR count). The zero-order valence-corrected chi connectivity index (χ0v) is 12.0. The van der Waals surface area contributed by atoms with Crippen LogP contribution in [-0.4, -0.2) is 21.7 Å². The summed E-state index contributed by atoms with van der Waals surface area (Å²) >= 11 is 0. The Labute approximate surface area is 117 Å². The van der Waals surface area contributed by atoms with E-state index in [-0.39, 0.29) is 11.6 Å². The van der Waals surface area contributed by atoms with E-state index in [4.69, 9.17) is 4.52 Å². The number of hydrogen-bond donors (Lipinski definition) is 1. The molecule has 0 aliphatic heterocycles. The molecule has 5 nitrogen and oxygen atoms in total. The van der Waals surface area contributed by atoms with Gasteiger partial charge in [0.05, 0.1) is 11.4 Å². The van der Waals surface area contributed by atoms with Gasteiger partial charge in [0.15, 0.2) is 11.6 Å². The number of halogens is 1. The van der Waals surface area contributed by atoms with E-state index in [9.17, 15) is 4.39 Å². The number of anilines is 1. The lowest BCUT2D eigenvalue weighted by Gasteiger charge is -2.08. The topological polar surface area (TPSA) is 63.8 Å². The zero-order chi connectivity index (χ0) is 14.5. The van der Waals surface area contributed by atoms with Gasteiger partial charge in [-0.15, -0.1) is 0 Å². The highest BCUT2D eigenvalue weighted by molar-refractivity contribution is 5.37. The second-order valence-corrected chi connectivity index (χ2v) is 4.67. The van der Waals surface area contributed by atoms with E-state index < -0.39 is 0 Å². The molecule has 0 bridgehead atoms. The van der Waals surface area contributed by atoms with Crippen LogP contribution in [0.5, 0.6) is 0 Å². The van der Waals surface area contributed by atoms with E-state index in [0.29, 0.717) is 18.7 Å². The van der Waals surface area contributed by atoms with Crippen molar-refractivity contribution < 1.29 is 8.91 Å². The van der Waals surface area contributed by atoms with Crippen molar-refractivity contribution in [2.45, 2.75) is 40.0 Å². The van der Waals surface area contributed by atoms with Crippen molar-refractivity contribution in [3.8, 4) is 0 Å². The fourth-order valence-electron chi connectivity index (χ4n) is 2.11. The summed E-state index contributed by atoms with van der Waals surface area (Å²) in [6, 6.07) is 0. The first-order chi connectivity index (χ1) is 9.63. The lowest BCUT2D eigenvalue weighted by molar-refractivity contribution is 0.392. The summed E-state index contributed by atoms with van der Waals surface area (Å²) in [5.74, 6) is 0.770. The van der Waals surface area contributed by atoms with Crippen molar-refractivity contribution in [3.63, 3.8) is 0 Å². The van der Waals surface area contributed by atoms with Gasteiger partial charge in [-0.1, -0.05) is 12.1 Å². The molecule has 2 heterocycles. The minimum Gasteiger partial charge on any atom is -0.368 e. The van der Waals surface area contributed by atoms with Gasteiger partial charge in [0.2, 0.25) is 0 Å². The monoisotopic (exact) mass is 278 g/mol. The lowest BCUT2D eigenvalue weighted by atomic mass is 10.1. The van der Waals surface area contributed by atoms with E-state index in [1.165, 1.54) is 6.33 Å². The van der Waals surface area contributed by atoms with E-state index >= 15 is 0 Å². The van der Waals surface area contributed by atoms with Crippen molar-refractivity contribution in [2.24, 2.45) is 0 Å². The maximum absolute atomic E-state index is 13.9. The van der Waals surface area contributed by atoms with Crippen LogP contribution in [0, 0.1) is 19.7 Å². The molecule has 0 amide bonds. The highest BCUT2D eigenvalue weighted by Crippen LogP contribution is 2.16. The molecular weight excluding hydrogens is 259 g/mol. The van der Waals surface area contributed by atoms with Crippen LogP contribution < -0.4 is 5.32 Å². The molecule has 6 heteroatoms. The fraction of sp³-hybridized carbons (Fsp3) is 0.500. The molecule has 0 atom stereocenters. The normalized spacial score (nSPS) is 10.8. The Hall–Kier alpha value is -1.98. The third-order valence-electron chi connectivity index (χ3n) is 3.27. The molecule has 0 saturated carbocycles. The standard InChI is InChI=1S/C14H19FN4O/c1-4-12-13(15)14(18-8-17-12)16-7-5-6-11-9(2)19-20-10(11)3/h8H,4-7H2,1-3H3,(H,16,17,18). The number of nitrogens with zero attached hydrogens (tertiary/aromatic N) is 3. The predicted molar refractivity (Wildman–Crippen MR) is 74.2 cm³/mol. The van der Waals surface area contributed by atoms with Gasteiger partial charge >= 0.3 is 0 Å². The molecule has 0 unspecified atom stereocenters. The average molecular weight is 278 g/mol. The van der Waals surface area contributed by atoms with Crippen molar-refractivity contribution in [1.82, 2.24) is 15.1 Å². The number of rotatable bonds is 6. The second kappa shape index (κ2) is 6.45. The molecule has 0 fully saturated rings. The van der Waals surface area contributed by atoms with E-state index in [0.717, 1.165) is 29.9 Å². The largest absolute Gasteiger partial charge is 0.368 e. The molecule has 2 aromatic rings. The van der Waals surface area contributed by atoms with Crippen molar-refractivity contribution in [2.75, 3.05) is 11.9 Å². The van der Waals surface area contributed by atoms with Crippen LogP contribution in [0.25, 0.3) is 0 Å². The maximum Gasteiger partial charge on any atom is 0.186 e. The third-order valence-corrected chi connectivity index (χ3v) is 3.27. The maximum atomic E-state index is 13.9. The Bertz CT molecular complexity index is 563. The first-order valence-corrected chi connectivity index (χ1v) is 6.78. The van der Waals surface area contributed by atoms with Crippen LogP contribution in [0.3, 0.4) is 0 Å². The number of aromatic nitrogens is 3. The van der Waals surface area contributed by atoms with Gasteiger partial charge in [-0.3, -0.25) is 0 Å². The van der Waals surface area contributed by atoms with Gasteiger partial charge < -0.3 is 9.84 Å². The Morgan fingerprint density at radius 1 is 1.30 bits per heavy atom. The number of nitrogens with one attached hydrogen (secondary N) is 1. The highest BCUT2D eigenvalue weighted by atomic mass is 19.1. The van der Waals surface area contributed by atoms with Gasteiger partial charge in [0, 0.05) is 12.1 Å². The Kier molecular flexibility index (Phi) is 4.65. The van der Waals surface area contributed by atoms with Gasteiger partial charge in [-0.05, 0) is 33.1 Å². The minimum absolute atomic E-state index is 0.274. The van der Waals surface area contributed by atoms with Gasteiger partial charge in [-0.2, -0.15) is 0 Å². The first-order valence-electron chi connectivity index (χ1n) is 6.78. The quantitative estimate of drug-likeness (QED) is 0.823. The molecule has 1 N–H and O–H groups in total. The Balaban J connectivity index is 1.88. The average Bonchev–Trinajstić information content (AvgIpc) is 2.76. The lowest BCUT2D eigenvalue weighted by Crippen LogP contribution is -2.09. The molecule has 20 heavy (non-hydrogen) atoms. The van der Waals surface area contributed by atoms with Crippen LogP contribution in [0.4, 0.5) is 10.2 Å². The highest BCUT2D eigenvalue weighted by Gasteiger charge is 2.10. The molecule has 0 aliphatic carbocycles. The summed E-state index contributed by atoms with van der Waals surface area (Å²) < 4.78 is 19.0. The molecule has 0 saturated heterocycles. The van der Waals surface area contributed by atoms with E-state index in [1.807, 2.05) is 20.8 Å². The van der Waals surface area contributed by atoms with Crippen LogP contribution in [0.15, 0.2) is 10.9 Å². The smallest absolute Gasteiger partial charge is 0.186 e. The summed E-state index contributed by atoms with van der Waals surface area (Å²) in [5.41, 5.74) is 2.49. The molecule has 0 aromatic carbocycles. The summed E-state index contributed by atoms with van der Waals surface area (Å²) in [6.07, 6.45) is 3.65. The Morgan fingerprint density at radius 2 is 2.10 bits per heavy atom. The third kappa shape index (κ3) is 3.12. The first kappa shape index (κ1) is 14.4. The van der Waals surface area contributed by atoms with Crippen molar-refractivity contribution >= 4 is 5.82 Å². The van der Waals surface area contributed by atoms with Crippen LogP contribution in [0.1, 0.15) is 36.1 Å². The SMILES string of the molecule is CCc1ncnc(NCCCc2c(C)noc2C)c1F.